The molecule has 0 bridgehead atoms. The average molecular weight is 554 g/mol. The number of aryl methyl sites for hydroxylation is 2. The summed E-state index contributed by atoms with van der Waals surface area (Å²) < 4.78 is 22.1. The quantitative estimate of drug-likeness (QED) is 0.293. The molecule has 0 spiro atoms. The first kappa shape index (κ1) is 26.6. The Morgan fingerprint density at radius 3 is 2.41 bits per heavy atom. The third-order valence-electron chi connectivity index (χ3n) is 7.53. The number of carbonyl (C=O) groups excluding carboxylic acids is 1. The zero-order chi connectivity index (χ0) is 28.7. The molecule has 0 unspecified atom stereocenters. The van der Waals surface area contributed by atoms with Crippen LogP contribution in [0.25, 0.3) is 28.2 Å². The van der Waals surface area contributed by atoms with Gasteiger partial charge in [-0.25, -0.2) is 19.3 Å². The van der Waals surface area contributed by atoms with Crippen molar-refractivity contribution in [3.05, 3.63) is 84.2 Å². The Morgan fingerprint density at radius 1 is 0.976 bits per heavy atom. The van der Waals surface area contributed by atoms with Crippen LogP contribution in [0.4, 0.5) is 15.8 Å². The summed E-state index contributed by atoms with van der Waals surface area (Å²) in [5.74, 6) is 0.0682. The van der Waals surface area contributed by atoms with Crippen LogP contribution in [0.1, 0.15) is 36.0 Å². The summed E-state index contributed by atoms with van der Waals surface area (Å²) in [5.41, 5.74) is 4.74. The molecule has 1 aliphatic rings. The van der Waals surface area contributed by atoms with E-state index in [9.17, 15) is 9.18 Å². The van der Waals surface area contributed by atoms with Gasteiger partial charge in [0.25, 0.3) is 5.91 Å². The van der Waals surface area contributed by atoms with Crippen LogP contribution < -0.4 is 10.2 Å². The molecule has 0 aliphatic carbocycles. The largest absolute Gasteiger partial charge is 0.436 e. The highest BCUT2D eigenvalue weighted by Crippen LogP contribution is 2.28. The van der Waals surface area contributed by atoms with Gasteiger partial charge in [-0.3, -0.25) is 14.1 Å². The zero-order valence-electron chi connectivity index (χ0n) is 23.6. The number of benzene rings is 2. The molecule has 1 amide bonds. The van der Waals surface area contributed by atoms with E-state index < -0.39 is 11.7 Å². The molecule has 1 fully saturated rings. The minimum absolute atomic E-state index is 0.125. The number of anilines is 2. The number of fused-ring (bicyclic) bond motifs is 1. The van der Waals surface area contributed by atoms with Gasteiger partial charge in [-0.1, -0.05) is 12.1 Å². The molecule has 10 heteroatoms. The van der Waals surface area contributed by atoms with Gasteiger partial charge in [-0.15, -0.1) is 0 Å². The molecule has 1 N–H and O–H groups in total. The molecule has 6 rings (SSSR count). The van der Waals surface area contributed by atoms with Gasteiger partial charge in [-0.2, -0.15) is 0 Å². The van der Waals surface area contributed by atoms with Crippen LogP contribution in [0.15, 0.2) is 65.5 Å². The summed E-state index contributed by atoms with van der Waals surface area (Å²) in [6, 6.07) is 13.4. The van der Waals surface area contributed by atoms with E-state index in [2.05, 4.69) is 68.2 Å². The fraction of sp³-hybridized carbons (Fsp3) is 0.290. The van der Waals surface area contributed by atoms with Crippen molar-refractivity contribution in [2.24, 2.45) is 0 Å². The fourth-order valence-electron chi connectivity index (χ4n) is 5.25. The van der Waals surface area contributed by atoms with Crippen LogP contribution in [-0.2, 0) is 0 Å². The Morgan fingerprint density at radius 2 is 1.73 bits per heavy atom. The predicted molar refractivity (Wildman–Crippen MR) is 157 cm³/mol. The molecular formula is C31H32FN7O2. The first-order chi connectivity index (χ1) is 19.7. The number of hydrogen-bond acceptors (Lipinski definition) is 7. The standard InChI is InChI=1S/C31H32FN7O2/c1-19(2)37-11-13-38(14-12-37)25-8-5-22(6-9-25)23-16-33-31-36-28(18-39(31)17-23)26-15-24(7-10-27(26)32)35-30(40)29-20(3)34-21(4)41-29/h5-10,15-19H,11-14H2,1-4H3,(H,35,40). The Bertz CT molecular complexity index is 1720. The number of halogens is 1. The molecule has 210 valence electrons. The highest BCUT2D eigenvalue weighted by Gasteiger charge is 2.20. The van der Waals surface area contributed by atoms with Crippen molar-refractivity contribution in [2.45, 2.75) is 33.7 Å². The monoisotopic (exact) mass is 553 g/mol. The second-order valence-corrected chi connectivity index (χ2v) is 10.6. The van der Waals surface area contributed by atoms with Gasteiger partial charge in [0.15, 0.2) is 5.89 Å². The number of oxazole rings is 1. The maximum atomic E-state index is 14.9. The van der Waals surface area contributed by atoms with Crippen LogP contribution >= 0.6 is 0 Å². The van der Waals surface area contributed by atoms with Crippen molar-refractivity contribution < 1.29 is 13.6 Å². The number of imidazole rings is 1. The second-order valence-electron chi connectivity index (χ2n) is 10.6. The molecule has 1 saturated heterocycles. The molecule has 41 heavy (non-hydrogen) atoms. The number of hydrogen-bond donors (Lipinski definition) is 1. The smallest absolute Gasteiger partial charge is 0.293 e. The third-order valence-corrected chi connectivity index (χ3v) is 7.53. The molecular weight excluding hydrogens is 521 g/mol. The number of nitrogens with zero attached hydrogens (tertiary/aromatic N) is 6. The van der Waals surface area contributed by atoms with Crippen LogP contribution in [0, 0.1) is 19.7 Å². The fourth-order valence-corrected chi connectivity index (χ4v) is 5.25. The Kier molecular flexibility index (Phi) is 7.00. The van der Waals surface area contributed by atoms with Crippen LogP contribution in [0.2, 0.25) is 0 Å². The summed E-state index contributed by atoms with van der Waals surface area (Å²) in [7, 11) is 0. The van der Waals surface area contributed by atoms with Crippen molar-refractivity contribution in [1.82, 2.24) is 24.3 Å². The SMILES string of the molecule is Cc1nc(C)c(C(=O)Nc2ccc(F)c(-c3cn4cc(-c5ccc(N6CCN(C(C)C)CC6)cc5)cnc4n3)c2)o1. The lowest BCUT2D eigenvalue weighted by molar-refractivity contribution is 0.0994. The lowest BCUT2D eigenvalue weighted by Gasteiger charge is -2.38. The van der Waals surface area contributed by atoms with Gasteiger partial charge in [0.1, 0.15) is 5.82 Å². The molecule has 5 aromatic rings. The average Bonchev–Trinajstić information content (AvgIpc) is 3.55. The first-order valence-corrected chi connectivity index (χ1v) is 13.7. The van der Waals surface area contributed by atoms with Crippen molar-refractivity contribution in [3.63, 3.8) is 0 Å². The normalized spacial score (nSPS) is 14.2. The number of nitrogens with one attached hydrogen (secondary N) is 1. The summed E-state index contributed by atoms with van der Waals surface area (Å²) in [5, 5.41) is 2.75. The van der Waals surface area contributed by atoms with Gasteiger partial charge in [0.2, 0.25) is 11.5 Å². The second kappa shape index (κ2) is 10.8. The van der Waals surface area contributed by atoms with Gasteiger partial charge in [0.05, 0.1) is 11.4 Å². The Hall–Kier alpha value is -4.57. The van der Waals surface area contributed by atoms with Crippen LogP contribution in [0.5, 0.6) is 0 Å². The van der Waals surface area contributed by atoms with E-state index in [1.54, 1.807) is 36.7 Å². The zero-order valence-corrected chi connectivity index (χ0v) is 23.6. The van der Waals surface area contributed by atoms with Gasteiger partial charge in [0, 0.05) is 80.2 Å². The van der Waals surface area contributed by atoms with E-state index in [1.165, 1.54) is 17.8 Å². The molecule has 3 aromatic heterocycles. The van der Waals surface area contributed by atoms with Crippen molar-refractivity contribution in [2.75, 3.05) is 36.4 Å². The molecule has 1 aliphatic heterocycles. The minimum atomic E-state index is -0.455. The maximum absolute atomic E-state index is 14.9. The Labute approximate surface area is 237 Å². The van der Waals surface area contributed by atoms with E-state index in [-0.39, 0.29) is 11.3 Å². The molecule has 4 heterocycles. The lowest BCUT2D eigenvalue weighted by atomic mass is 10.1. The molecule has 0 saturated carbocycles. The summed E-state index contributed by atoms with van der Waals surface area (Å²) >= 11 is 0. The van der Waals surface area contributed by atoms with Crippen molar-refractivity contribution >= 4 is 23.1 Å². The molecule has 9 nitrogen and oxygen atoms in total. The highest BCUT2D eigenvalue weighted by atomic mass is 19.1. The number of piperazine rings is 1. The van der Waals surface area contributed by atoms with Gasteiger partial charge in [-0.05, 0) is 56.7 Å². The number of rotatable bonds is 6. The van der Waals surface area contributed by atoms with E-state index in [0.29, 0.717) is 34.8 Å². The van der Waals surface area contributed by atoms with Crippen LogP contribution in [0.3, 0.4) is 0 Å². The number of amides is 1. The van der Waals surface area contributed by atoms with Gasteiger partial charge >= 0.3 is 0 Å². The predicted octanol–water partition coefficient (Wildman–Crippen LogP) is 5.59. The lowest BCUT2D eigenvalue weighted by Crippen LogP contribution is -2.48. The minimum Gasteiger partial charge on any atom is -0.436 e. The van der Waals surface area contributed by atoms with Crippen molar-refractivity contribution in [1.29, 1.82) is 0 Å². The highest BCUT2D eigenvalue weighted by molar-refractivity contribution is 6.03. The molecule has 0 atom stereocenters. The molecule has 2 aromatic carbocycles. The van der Waals surface area contributed by atoms with E-state index in [1.807, 2.05) is 6.20 Å². The van der Waals surface area contributed by atoms with E-state index in [0.717, 1.165) is 37.3 Å². The Balaban J connectivity index is 1.21. The van der Waals surface area contributed by atoms with Crippen LogP contribution in [-0.4, -0.2) is 62.4 Å². The number of aromatic nitrogens is 4. The van der Waals surface area contributed by atoms with Crippen molar-refractivity contribution in [3.8, 4) is 22.4 Å². The molecule has 0 radical (unpaired) electrons. The summed E-state index contributed by atoms with van der Waals surface area (Å²) in [6.07, 6.45) is 5.45. The van der Waals surface area contributed by atoms with E-state index in [4.69, 9.17) is 4.42 Å². The first-order valence-electron chi connectivity index (χ1n) is 13.7. The number of carbonyl (C=O) groups is 1. The summed E-state index contributed by atoms with van der Waals surface area (Å²) in [6.45, 7) is 12.0. The van der Waals surface area contributed by atoms with Gasteiger partial charge < -0.3 is 14.6 Å². The van der Waals surface area contributed by atoms with E-state index >= 15 is 0 Å². The maximum Gasteiger partial charge on any atom is 0.293 e. The topological polar surface area (TPSA) is 91.8 Å². The summed E-state index contributed by atoms with van der Waals surface area (Å²) in [4.78, 5) is 30.8. The third kappa shape index (κ3) is 5.43.